The van der Waals surface area contributed by atoms with Gasteiger partial charge in [0, 0.05) is 32.2 Å². The van der Waals surface area contributed by atoms with Crippen molar-refractivity contribution in [1.82, 2.24) is 4.90 Å². The number of hydrogen-bond donors (Lipinski definition) is 0. The number of ether oxygens (including phenoxy) is 1. The standard InChI is InChI=1S/C13H17N3O/c1-15-5-7-16(8-6-15)12-4-3-11(10-14)9-13(12)17-2/h3-4,9H,5-8H2,1-2H3. The van der Waals surface area contributed by atoms with E-state index in [0.29, 0.717) is 5.56 Å². The number of piperazine rings is 1. The second-order valence-electron chi connectivity index (χ2n) is 4.29. The van der Waals surface area contributed by atoms with Crippen molar-refractivity contribution < 1.29 is 4.74 Å². The van der Waals surface area contributed by atoms with E-state index >= 15 is 0 Å². The molecule has 0 saturated carbocycles. The number of nitrogens with zero attached hydrogens (tertiary/aromatic N) is 3. The maximum Gasteiger partial charge on any atom is 0.143 e. The smallest absolute Gasteiger partial charge is 0.143 e. The highest BCUT2D eigenvalue weighted by Crippen LogP contribution is 2.29. The summed E-state index contributed by atoms with van der Waals surface area (Å²) in [5, 5.41) is 8.87. The Kier molecular flexibility index (Phi) is 3.50. The summed E-state index contributed by atoms with van der Waals surface area (Å²) < 4.78 is 5.36. The van der Waals surface area contributed by atoms with Crippen LogP contribution in [0.5, 0.6) is 5.75 Å². The highest BCUT2D eigenvalue weighted by molar-refractivity contribution is 5.61. The quantitative estimate of drug-likeness (QED) is 0.769. The Labute approximate surface area is 102 Å². The van der Waals surface area contributed by atoms with Gasteiger partial charge in [0.1, 0.15) is 5.75 Å². The fourth-order valence-electron chi connectivity index (χ4n) is 2.06. The fraction of sp³-hybridized carbons (Fsp3) is 0.462. The molecular weight excluding hydrogens is 214 g/mol. The Hall–Kier alpha value is -1.73. The van der Waals surface area contributed by atoms with E-state index in [-0.39, 0.29) is 0 Å². The zero-order valence-corrected chi connectivity index (χ0v) is 10.3. The minimum atomic E-state index is 0.639. The van der Waals surface area contributed by atoms with E-state index in [0.717, 1.165) is 37.6 Å². The van der Waals surface area contributed by atoms with Gasteiger partial charge in [-0.05, 0) is 19.2 Å². The van der Waals surface area contributed by atoms with Crippen molar-refractivity contribution in [2.45, 2.75) is 0 Å². The SMILES string of the molecule is COc1cc(C#N)ccc1N1CCN(C)CC1. The molecule has 0 bridgehead atoms. The van der Waals surface area contributed by atoms with E-state index < -0.39 is 0 Å². The maximum absolute atomic E-state index is 8.87. The van der Waals surface area contributed by atoms with E-state index in [2.05, 4.69) is 22.9 Å². The molecule has 2 rings (SSSR count). The van der Waals surface area contributed by atoms with Crippen LogP contribution in [0, 0.1) is 11.3 Å². The average molecular weight is 231 g/mol. The van der Waals surface area contributed by atoms with Crippen LogP contribution >= 0.6 is 0 Å². The number of likely N-dealkylation sites (N-methyl/N-ethyl adjacent to an activating group) is 1. The van der Waals surface area contributed by atoms with Crippen LogP contribution in [0.4, 0.5) is 5.69 Å². The van der Waals surface area contributed by atoms with E-state index in [4.69, 9.17) is 10.00 Å². The van der Waals surface area contributed by atoms with Crippen LogP contribution in [0.3, 0.4) is 0 Å². The van der Waals surface area contributed by atoms with Gasteiger partial charge in [0.25, 0.3) is 0 Å². The normalized spacial score (nSPS) is 16.6. The van der Waals surface area contributed by atoms with Crippen LogP contribution in [0.15, 0.2) is 18.2 Å². The van der Waals surface area contributed by atoms with E-state index in [1.165, 1.54) is 0 Å². The largest absolute Gasteiger partial charge is 0.495 e. The van der Waals surface area contributed by atoms with Crippen molar-refractivity contribution in [3.8, 4) is 11.8 Å². The summed E-state index contributed by atoms with van der Waals surface area (Å²) in [7, 11) is 3.78. The highest BCUT2D eigenvalue weighted by Gasteiger charge is 2.17. The first-order chi connectivity index (χ1) is 8.24. The molecule has 1 saturated heterocycles. The van der Waals surface area contributed by atoms with Gasteiger partial charge in [-0.1, -0.05) is 0 Å². The number of benzene rings is 1. The minimum Gasteiger partial charge on any atom is -0.495 e. The number of nitriles is 1. The van der Waals surface area contributed by atoms with Crippen molar-refractivity contribution in [3.05, 3.63) is 23.8 Å². The van der Waals surface area contributed by atoms with Gasteiger partial charge in [-0.15, -0.1) is 0 Å². The van der Waals surface area contributed by atoms with Gasteiger partial charge in [0.2, 0.25) is 0 Å². The van der Waals surface area contributed by atoms with Crippen LogP contribution in [-0.2, 0) is 0 Å². The zero-order valence-electron chi connectivity index (χ0n) is 10.3. The molecule has 0 N–H and O–H groups in total. The van der Waals surface area contributed by atoms with Gasteiger partial charge in [0.15, 0.2) is 0 Å². The first-order valence-electron chi connectivity index (χ1n) is 5.76. The Bertz CT molecular complexity index is 431. The summed E-state index contributed by atoms with van der Waals surface area (Å²) in [6.45, 7) is 4.11. The van der Waals surface area contributed by atoms with E-state index in [9.17, 15) is 0 Å². The van der Waals surface area contributed by atoms with Crippen LogP contribution < -0.4 is 9.64 Å². The maximum atomic E-state index is 8.87. The number of anilines is 1. The monoisotopic (exact) mass is 231 g/mol. The molecule has 0 unspecified atom stereocenters. The number of hydrogen-bond acceptors (Lipinski definition) is 4. The Morgan fingerprint density at radius 1 is 1.24 bits per heavy atom. The van der Waals surface area contributed by atoms with Gasteiger partial charge in [0.05, 0.1) is 24.4 Å². The van der Waals surface area contributed by atoms with Crippen LogP contribution in [0.1, 0.15) is 5.56 Å². The number of rotatable bonds is 2. The molecule has 1 heterocycles. The van der Waals surface area contributed by atoms with Crippen molar-refractivity contribution in [1.29, 1.82) is 5.26 Å². The van der Waals surface area contributed by atoms with Crippen molar-refractivity contribution in [2.75, 3.05) is 45.2 Å². The summed E-state index contributed by atoms with van der Waals surface area (Å²) in [4.78, 5) is 4.62. The second-order valence-corrected chi connectivity index (χ2v) is 4.29. The Morgan fingerprint density at radius 3 is 2.53 bits per heavy atom. The van der Waals surface area contributed by atoms with Crippen LogP contribution in [0.25, 0.3) is 0 Å². The average Bonchev–Trinajstić information content (AvgIpc) is 2.39. The minimum absolute atomic E-state index is 0.639. The molecular formula is C13H17N3O. The molecule has 0 spiro atoms. The lowest BCUT2D eigenvalue weighted by atomic mass is 10.1. The van der Waals surface area contributed by atoms with Crippen LogP contribution in [0.2, 0.25) is 0 Å². The molecule has 4 heteroatoms. The molecule has 0 amide bonds. The van der Waals surface area contributed by atoms with E-state index in [1.54, 1.807) is 13.2 Å². The summed E-state index contributed by atoms with van der Waals surface area (Å²) >= 11 is 0. The molecule has 0 atom stereocenters. The molecule has 1 aliphatic heterocycles. The summed E-state index contributed by atoms with van der Waals surface area (Å²) in [5.41, 5.74) is 1.72. The lowest BCUT2D eigenvalue weighted by Crippen LogP contribution is -2.44. The zero-order chi connectivity index (χ0) is 12.3. The molecule has 1 aliphatic rings. The van der Waals surface area contributed by atoms with E-state index in [1.807, 2.05) is 12.1 Å². The predicted molar refractivity (Wildman–Crippen MR) is 67.4 cm³/mol. The highest BCUT2D eigenvalue weighted by atomic mass is 16.5. The molecule has 1 aromatic rings. The third kappa shape index (κ3) is 2.51. The third-order valence-corrected chi connectivity index (χ3v) is 3.15. The van der Waals surface area contributed by atoms with Gasteiger partial charge in [-0.25, -0.2) is 0 Å². The summed E-state index contributed by atoms with van der Waals surface area (Å²) in [5.74, 6) is 0.786. The molecule has 0 radical (unpaired) electrons. The molecule has 17 heavy (non-hydrogen) atoms. The second kappa shape index (κ2) is 5.07. The summed E-state index contributed by atoms with van der Waals surface area (Å²) in [6, 6.07) is 7.75. The van der Waals surface area contributed by atoms with Crippen LogP contribution in [-0.4, -0.2) is 45.2 Å². The lowest BCUT2D eigenvalue weighted by Gasteiger charge is -2.34. The van der Waals surface area contributed by atoms with Crippen molar-refractivity contribution in [3.63, 3.8) is 0 Å². The molecule has 1 fully saturated rings. The molecule has 90 valence electrons. The lowest BCUT2D eigenvalue weighted by molar-refractivity contribution is 0.311. The van der Waals surface area contributed by atoms with Crippen molar-refractivity contribution in [2.24, 2.45) is 0 Å². The Balaban J connectivity index is 2.23. The summed E-state index contributed by atoms with van der Waals surface area (Å²) in [6.07, 6.45) is 0. The third-order valence-electron chi connectivity index (χ3n) is 3.15. The molecule has 0 aromatic heterocycles. The molecule has 1 aromatic carbocycles. The first-order valence-corrected chi connectivity index (χ1v) is 5.76. The molecule has 4 nitrogen and oxygen atoms in total. The van der Waals surface area contributed by atoms with Gasteiger partial charge in [-0.3, -0.25) is 0 Å². The molecule has 0 aliphatic carbocycles. The van der Waals surface area contributed by atoms with Gasteiger partial charge < -0.3 is 14.5 Å². The Morgan fingerprint density at radius 2 is 1.94 bits per heavy atom. The van der Waals surface area contributed by atoms with Crippen molar-refractivity contribution >= 4 is 5.69 Å². The fourth-order valence-corrected chi connectivity index (χ4v) is 2.06. The van der Waals surface area contributed by atoms with Gasteiger partial charge >= 0.3 is 0 Å². The first kappa shape index (κ1) is 11.7. The number of methoxy groups -OCH3 is 1. The topological polar surface area (TPSA) is 39.5 Å². The van der Waals surface area contributed by atoms with Gasteiger partial charge in [-0.2, -0.15) is 5.26 Å². The predicted octanol–water partition coefficient (Wildman–Crippen LogP) is 1.32.